The first kappa shape index (κ1) is 17.9. The van der Waals surface area contributed by atoms with E-state index in [2.05, 4.69) is 5.32 Å². The van der Waals surface area contributed by atoms with Gasteiger partial charge in [0.25, 0.3) is 11.8 Å². The fourth-order valence-corrected chi connectivity index (χ4v) is 3.39. The topological polar surface area (TPSA) is 66.5 Å². The van der Waals surface area contributed by atoms with Crippen molar-refractivity contribution in [1.29, 1.82) is 0 Å². The molecule has 0 aliphatic carbocycles. The van der Waals surface area contributed by atoms with Crippen LogP contribution >= 0.6 is 0 Å². The molecular formula is C21H22N2O3. The number of nitrogens with one attached hydrogen (secondary N) is 1. The normalized spacial score (nSPS) is 14.6. The number of carbonyl (C=O) groups is 3. The van der Waals surface area contributed by atoms with Crippen molar-refractivity contribution in [1.82, 2.24) is 4.90 Å². The number of rotatable bonds is 4. The molecule has 1 aliphatic heterocycles. The predicted octanol–water partition coefficient (Wildman–Crippen LogP) is 3.56. The van der Waals surface area contributed by atoms with Crippen molar-refractivity contribution in [2.75, 3.05) is 5.32 Å². The van der Waals surface area contributed by atoms with Gasteiger partial charge in [-0.15, -0.1) is 0 Å². The lowest BCUT2D eigenvalue weighted by atomic mass is 10.0. The first-order valence-electron chi connectivity index (χ1n) is 8.67. The number of para-hydroxylation sites is 1. The number of hydrogen-bond acceptors (Lipinski definition) is 3. The molecule has 0 saturated heterocycles. The summed E-state index contributed by atoms with van der Waals surface area (Å²) in [6.45, 7) is 7.49. The summed E-state index contributed by atoms with van der Waals surface area (Å²) in [6.07, 6.45) is 0. The van der Waals surface area contributed by atoms with Gasteiger partial charge in [-0.2, -0.15) is 0 Å². The van der Waals surface area contributed by atoms with E-state index in [1.807, 2.05) is 45.9 Å². The van der Waals surface area contributed by atoms with E-state index in [9.17, 15) is 14.4 Å². The number of anilines is 1. The Morgan fingerprint density at radius 3 is 1.85 bits per heavy atom. The Kier molecular flexibility index (Phi) is 4.64. The summed E-state index contributed by atoms with van der Waals surface area (Å²) in [4.78, 5) is 39.7. The van der Waals surface area contributed by atoms with Gasteiger partial charge < -0.3 is 5.32 Å². The minimum Gasteiger partial charge on any atom is -0.324 e. The van der Waals surface area contributed by atoms with Crippen molar-refractivity contribution in [3.8, 4) is 0 Å². The Morgan fingerprint density at radius 1 is 0.885 bits per heavy atom. The van der Waals surface area contributed by atoms with E-state index in [4.69, 9.17) is 0 Å². The number of aryl methyl sites for hydroxylation is 2. The van der Waals surface area contributed by atoms with E-state index < -0.39 is 17.9 Å². The van der Waals surface area contributed by atoms with E-state index >= 15 is 0 Å². The monoisotopic (exact) mass is 350 g/mol. The van der Waals surface area contributed by atoms with Gasteiger partial charge in [-0.3, -0.25) is 19.3 Å². The lowest BCUT2D eigenvalue weighted by Crippen LogP contribution is -2.50. The lowest BCUT2D eigenvalue weighted by molar-refractivity contribution is -0.121. The van der Waals surface area contributed by atoms with Gasteiger partial charge in [0, 0.05) is 5.69 Å². The second-order valence-corrected chi connectivity index (χ2v) is 6.97. The number of benzene rings is 2. The summed E-state index contributed by atoms with van der Waals surface area (Å²) in [5.41, 5.74) is 3.29. The van der Waals surface area contributed by atoms with Gasteiger partial charge in [0.05, 0.1) is 11.1 Å². The maximum atomic E-state index is 13.0. The van der Waals surface area contributed by atoms with Gasteiger partial charge in [0.15, 0.2) is 0 Å². The molecule has 26 heavy (non-hydrogen) atoms. The molecule has 1 atom stereocenters. The van der Waals surface area contributed by atoms with Crippen molar-refractivity contribution >= 4 is 23.4 Å². The third kappa shape index (κ3) is 2.90. The molecule has 1 N–H and O–H groups in total. The summed E-state index contributed by atoms with van der Waals surface area (Å²) in [5.74, 6) is -1.41. The molecular weight excluding hydrogens is 328 g/mol. The highest BCUT2D eigenvalue weighted by Crippen LogP contribution is 2.28. The summed E-state index contributed by atoms with van der Waals surface area (Å²) >= 11 is 0. The van der Waals surface area contributed by atoms with Crippen molar-refractivity contribution in [3.63, 3.8) is 0 Å². The van der Waals surface area contributed by atoms with Crippen LogP contribution in [0.15, 0.2) is 42.5 Å². The number of hydrogen-bond donors (Lipinski definition) is 1. The molecule has 2 aromatic rings. The first-order valence-corrected chi connectivity index (χ1v) is 8.67. The minimum absolute atomic E-state index is 0.221. The fourth-order valence-electron chi connectivity index (χ4n) is 3.39. The SMILES string of the molecule is Cc1cccc(C)c1NC(=O)[C@@H](C(C)C)N1C(=O)c2ccccc2C1=O. The summed E-state index contributed by atoms with van der Waals surface area (Å²) < 4.78 is 0. The maximum Gasteiger partial charge on any atom is 0.262 e. The Balaban J connectivity index is 1.95. The van der Waals surface area contributed by atoms with Crippen LogP contribution in [0.5, 0.6) is 0 Å². The average molecular weight is 350 g/mol. The second kappa shape index (κ2) is 6.75. The van der Waals surface area contributed by atoms with E-state index in [1.165, 1.54) is 0 Å². The molecule has 2 aromatic carbocycles. The van der Waals surface area contributed by atoms with E-state index in [1.54, 1.807) is 24.3 Å². The molecule has 0 bridgehead atoms. The van der Waals surface area contributed by atoms with E-state index in [-0.39, 0.29) is 11.8 Å². The summed E-state index contributed by atoms with van der Waals surface area (Å²) in [5, 5.41) is 2.92. The van der Waals surface area contributed by atoms with Gasteiger partial charge in [-0.1, -0.05) is 44.2 Å². The van der Waals surface area contributed by atoms with Gasteiger partial charge in [-0.25, -0.2) is 0 Å². The van der Waals surface area contributed by atoms with Gasteiger partial charge in [0.2, 0.25) is 5.91 Å². The third-order valence-corrected chi connectivity index (χ3v) is 4.73. The van der Waals surface area contributed by atoms with Crippen LogP contribution in [0, 0.1) is 19.8 Å². The molecule has 1 aliphatic rings. The molecule has 3 rings (SSSR count). The van der Waals surface area contributed by atoms with Gasteiger partial charge >= 0.3 is 0 Å². The van der Waals surface area contributed by atoms with Crippen LogP contribution in [0.4, 0.5) is 5.69 Å². The molecule has 3 amide bonds. The number of nitrogens with zero attached hydrogens (tertiary/aromatic N) is 1. The smallest absolute Gasteiger partial charge is 0.262 e. The zero-order valence-electron chi connectivity index (χ0n) is 15.4. The standard InChI is InChI=1S/C21H22N2O3/c1-12(2)18(19(24)22-17-13(3)8-7-9-14(17)4)23-20(25)15-10-5-6-11-16(15)21(23)26/h5-12,18H,1-4H3,(H,22,24)/t18-/m1/s1. The highest BCUT2D eigenvalue weighted by atomic mass is 16.2. The van der Waals surface area contributed by atoms with Crippen LogP contribution in [-0.4, -0.2) is 28.7 Å². The average Bonchev–Trinajstić information content (AvgIpc) is 2.84. The molecule has 0 fully saturated rings. The fraction of sp³-hybridized carbons (Fsp3) is 0.286. The Bertz CT molecular complexity index is 847. The van der Waals surface area contributed by atoms with E-state index in [0.717, 1.165) is 21.7 Å². The van der Waals surface area contributed by atoms with Crippen LogP contribution in [-0.2, 0) is 4.79 Å². The Morgan fingerprint density at radius 2 is 1.38 bits per heavy atom. The molecule has 5 heteroatoms. The second-order valence-electron chi connectivity index (χ2n) is 6.97. The number of carbonyl (C=O) groups excluding carboxylic acids is 3. The number of fused-ring (bicyclic) bond motifs is 1. The Labute approximate surface area is 153 Å². The molecule has 5 nitrogen and oxygen atoms in total. The molecule has 0 aromatic heterocycles. The van der Waals surface area contributed by atoms with Gasteiger partial charge in [-0.05, 0) is 43.0 Å². The largest absolute Gasteiger partial charge is 0.324 e. The third-order valence-electron chi connectivity index (χ3n) is 4.73. The van der Waals surface area contributed by atoms with Crippen LogP contribution in [0.2, 0.25) is 0 Å². The zero-order chi connectivity index (χ0) is 19.0. The molecule has 0 saturated carbocycles. The molecule has 0 radical (unpaired) electrons. The van der Waals surface area contributed by atoms with Crippen LogP contribution in [0.1, 0.15) is 45.7 Å². The van der Waals surface area contributed by atoms with Crippen LogP contribution < -0.4 is 5.32 Å². The molecule has 0 spiro atoms. The van der Waals surface area contributed by atoms with E-state index in [0.29, 0.717) is 11.1 Å². The first-order chi connectivity index (χ1) is 12.3. The highest BCUT2D eigenvalue weighted by Gasteiger charge is 2.43. The van der Waals surface area contributed by atoms with Crippen molar-refractivity contribution in [2.24, 2.45) is 5.92 Å². The lowest BCUT2D eigenvalue weighted by Gasteiger charge is -2.29. The number of imide groups is 1. The molecule has 134 valence electrons. The molecule has 1 heterocycles. The molecule has 0 unspecified atom stereocenters. The van der Waals surface area contributed by atoms with Crippen molar-refractivity contribution in [3.05, 3.63) is 64.7 Å². The minimum atomic E-state index is -0.874. The van der Waals surface area contributed by atoms with Crippen LogP contribution in [0.3, 0.4) is 0 Å². The highest BCUT2D eigenvalue weighted by molar-refractivity contribution is 6.23. The van der Waals surface area contributed by atoms with Gasteiger partial charge in [0.1, 0.15) is 6.04 Å². The number of amides is 3. The maximum absolute atomic E-state index is 13.0. The summed E-state index contributed by atoms with van der Waals surface area (Å²) in [7, 11) is 0. The summed E-state index contributed by atoms with van der Waals surface area (Å²) in [6, 6.07) is 11.5. The quantitative estimate of drug-likeness (QED) is 0.858. The Hall–Kier alpha value is -2.95. The van der Waals surface area contributed by atoms with Crippen molar-refractivity contribution in [2.45, 2.75) is 33.7 Å². The zero-order valence-corrected chi connectivity index (χ0v) is 15.4. The van der Waals surface area contributed by atoms with Crippen LogP contribution in [0.25, 0.3) is 0 Å². The van der Waals surface area contributed by atoms with Crippen molar-refractivity contribution < 1.29 is 14.4 Å². The predicted molar refractivity (Wildman–Crippen MR) is 100 cm³/mol.